The third kappa shape index (κ3) is 3.11. The normalized spacial score (nSPS) is 11.0. The molecule has 0 amide bonds. The van der Waals surface area contributed by atoms with Gasteiger partial charge in [0.1, 0.15) is 5.82 Å². The van der Waals surface area contributed by atoms with Crippen molar-refractivity contribution in [2.75, 3.05) is 18.5 Å². The molecular formula is C13H19ClN4S. The molecule has 0 aromatic carbocycles. The summed E-state index contributed by atoms with van der Waals surface area (Å²) in [5.41, 5.74) is 7.98. The molecule has 2 N–H and O–H groups in total. The molecule has 19 heavy (non-hydrogen) atoms. The number of hydrogen-bond donors (Lipinski definition) is 1. The lowest BCUT2D eigenvalue weighted by molar-refractivity contribution is 0.727. The van der Waals surface area contributed by atoms with Crippen molar-refractivity contribution >= 4 is 28.8 Å². The third-order valence-corrected chi connectivity index (χ3v) is 4.31. The predicted molar refractivity (Wildman–Crippen MR) is 82.1 cm³/mol. The van der Waals surface area contributed by atoms with Crippen LogP contribution in [0.5, 0.6) is 0 Å². The highest BCUT2D eigenvalue weighted by atomic mass is 35.5. The van der Waals surface area contributed by atoms with E-state index in [9.17, 15) is 0 Å². The zero-order valence-electron chi connectivity index (χ0n) is 11.5. The first-order valence-corrected chi connectivity index (χ1v) is 7.40. The van der Waals surface area contributed by atoms with Crippen molar-refractivity contribution in [3.8, 4) is 0 Å². The molecule has 2 aromatic rings. The van der Waals surface area contributed by atoms with Crippen molar-refractivity contribution in [1.82, 2.24) is 9.78 Å². The summed E-state index contributed by atoms with van der Waals surface area (Å²) in [4.78, 5) is 3.44. The van der Waals surface area contributed by atoms with Gasteiger partial charge in [-0.15, -0.1) is 11.3 Å². The minimum atomic E-state index is 0.637. The molecule has 0 aliphatic rings. The fourth-order valence-electron chi connectivity index (χ4n) is 2.35. The molecule has 0 aliphatic heterocycles. The molecule has 0 atom stereocenters. The number of thiophene rings is 1. The standard InChI is InChI=1S/C13H19ClN4S/c1-9-11(6-7-15)13(18(3)16-9)17(2)8-10-4-5-12(14)19-10/h4-5H,6-8,15H2,1-3H3. The average Bonchev–Trinajstić information content (AvgIpc) is 2.84. The van der Waals surface area contributed by atoms with Crippen molar-refractivity contribution in [2.24, 2.45) is 12.8 Å². The average molecular weight is 299 g/mol. The first-order valence-electron chi connectivity index (χ1n) is 6.20. The Labute approximate surface area is 122 Å². The number of halogens is 1. The van der Waals surface area contributed by atoms with E-state index in [0.29, 0.717) is 6.54 Å². The summed E-state index contributed by atoms with van der Waals surface area (Å²) in [5, 5.41) is 4.49. The lowest BCUT2D eigenvalue weighted by atomic mass is 10.1. The van der Waals surface area contributed by atoms with Crippen LogP contribution in [-0.2, 0) is 20.0 Å². The number of aryl methyl sites for hydroxylation is 2. The Morgan fingerprint density at radius 1 is 1.47 bits per heavy atom. The largest absolute Gasteiger partial charge is 0.355 e. The van der Waals surface area contributed by atoms with Gasteiger partial charge in [-0.2, -0.15) is 5.10 Å². The number of hydrogen-bond acceptors (Lipinski definition) is 4. The number of aromatic nitrogens is 2. The molecule has 0 saturated carbocycles. The maximum Gasteiger partial charge on any atom is 0.130 e. The molecule has 4 nitrogen and oxygen atoms in total. The van der Waals surface area contributed by atoms with Crippen LogP contribution in [0.4, 0.5) is 5.82 Å². The van der Waals surface area contributed by atoms with Gasteiger partial charge in [-0.3, -0.25) is 4.68 Å². The van der Waals surface area contributed by atoms with Gasteiger partial charge in [0.15, 0.2) is 0 Å². The van der Waals surface area contributed by atoms with Crippen LogP contribution in [0.15, 0.2) is 12.1 Å². The molecule has 0 radical (unpaired) electrons. The molecule has 2 aromatic heterocycles. The van der Waals surface area contributed by atoms with Crippen LogP contribution >= 0.6 is 22.9 Å². The highest BCUT2D eigenvalue weighted by Gasteiger charge is 2.16. The highest BCUT2D eigenvalue weighted by molar-refractivity contribution is 7.16. The number of nitrogens with zero attached hydrogens (tertiary/aromatic N) is 3. The minimum Gasteiger partial charge on any atom is -0.355 e. The summed E-state index contributed by atoms with van der Waals surface area (Å²) < 4.78 is 2.75. The summed E-state index contributed by atoms with van der Waals surface area (Å²) in [6, 6.07) is 4.00. The van der Waals surface area contributed by atoms with Gasteiger partial charge in [0.2, 0.25) is 0 Å². The second-order valence-electron chi connectivity index (χ2n) is 4.61. The molecule has 0 unspecified atom stereocenters. The second kappa shape index (κ2) is 5.94. The van der Waals surface area contributed by atoms with Gasteiger partial charge in [0.25, 0.3) is 0 Å². The monoisotopic (exact) mass is 298 g/mol. The summed E-state index contributed by atoms with van der Waals surface area (Å²) >= 11 is 7.58. The van der Waals surface area contributed by atoms with Crippen LogP contribution in [0.3, 0.4) is 0 Å². The highest BCUT2D eigenvalue weighted by Crippen LogP contribution is 2.27. The second-order valence-corrected chi connectivity index (χ2v) is 6.41. The first-order chi connectivity index (χ1) is 9.02. The Kier molecular flexibility index (Phi) is 4.50. The van der Waals surface area contributed by atoms with Crippen LogP contribution in [0.25, 0.3) is 0 Å². The molecular weight excluding hydrogens is 280 g/mol. The topological polar surface area (TPSA) is 47.1 Å². The summed E-state index contributed by atoms with van der Waals surface area (Å²) in [6.45, 7) is 3.50. The number of rotatable bonds is 5. The van der Waals surface area contributed by atoms with Crippen LogP contribution in [0.1, 0.15) is 16.1 Å². The molecule has 0 saturated heterocycles. The van der Waals surface area contributed by atoms with Gasteiger partial charge in [0, 0.05) is 24.5 Å². The van der Waals surface area contributed by atoms with Gasteiger partial charge >= 0.3 is 0 Å². The smallest absolute Gasteiger partial charge is 0.130 e. The minimum absolute atomic E-state index is 0.637. The Hall–Kier alpha value is -1.04. The van der Waals surface area contributed by atoms with Crippen molar-refractivity contribution in [3.05, 3.63) is 32.6 Å². The van der Waals surface area contributed by atoms with E-state index in [0.717, 1.165) is 28.8 Å². The Morgan fingerprint density at radius 3 is 2.79 bits per heavy atom. The van der Waals surface area contributed by atoms with Crippen molar-refractivity contribution in [1.29, 1.82) is 0 Å². The fraction of sp³-hybridized carbons (Fsp3) is 0.462. The van der Waals surface area contributed by atoms with Crippen LogP contribution in [0, 0.1) is 6.92 Å². The maximum absolute atomic E-state index is 5.97. The predicted octanol–water partition coefficient (Wildman–Crippen LogP) is 2.58. The van der Waals surface area contributed by atoms with Crippen LogP contribution in [-0.4, -0.2) is 23.4 Å². The van der Waals surface area contributed by atoms with E-state index in [-0.39, 0.29) is 0 Å². The van der Waals surface area contributed by atoms with E-state index in [1.807, 2.05) is 24.7 Å². The van der Waals surface area contributed by atoms with Gasteiger partial charge in [-0.25, -0.2) is 0 Å². The van der Waals surface area contributed by atoms with Crippen molar-refractivity contribution in [2.45, 2.75) is 19.9 Å². The molecule has 2 rings (SSSR count). The van der Waals surface area contributed by atoms with E-state index in [2.05, 4.69) is 23.1 Å². The van der Waals surface area contributed by atoms with E-state index in [1.165, 1.54) is 10.4 Å². The molecule has 6 heteroatoms. The molecule has 0 bridgehead atoms. The Morgan fingerprint density at radius 2 is 2.21 bits per heavy atom. The Bertz CT molecular complexity index is 561. The summed E-state index contributed by atoms with van der Waals surface area (Å²) in [6.07, 6.45) is 0.852. The zero-order valence-corrected chi connectivity index (χ0v) is 13.1. The fourth-order valence-corrected chi connectivity index (χ4v) is 3.49. The van der Waals surface area contributed by atoms with Gasteiger partial charge in [0.05, 0.1) is 16.6 Å². The SMILES string of the molecule is Cc1nn(C)c(N(C)Cc2ccc(Cl)s2)c1CCN. The van der Waals surface area contributed by atoms with Gasteiger partial charge < -0.3 is 10.6 Å². The molecule has 104 valence electrons. The lowest BCUT2D eigenvalue weighted by Gasteiger charge is -2.20. The number of anilines is 1. The third-order valence-electron chi connectivity index (χ3n) is 3.09. The first kappa shape index (κ1) is 14.4. The molecule has 0 spiro atoms. The van der Waals surface area contributed by atoms with E-state index in [1.54, 1.807) is 11.3 Å². The number of nitrogens with two attached hydrogens (primary N) is 1. The molecule has 2 heterocycles. The van der Waals surface area contributed by atoms with E-state index < -0.39 is 0 Å². The molecule has 0 fully saturated rings. The maximum atomic E-state index is 5.97. The van der Waals surface area contributed by atoms with E-state index >= 15 is 0 Å². The van der Waals surface area contributed by atoms with Crippen LogP contribution in [0.2, 0.25) is 4.34 Å². The van der Waals surface area contributed by atoms with Gasteiger partial charge in [-0.1, -0.05) is 11.6 Å². The van der Waals surface area contributed by atoms with Gasteiger partial charge in [-0.05, 0) is 32.0 Å². The van der Waals surface area contributed by atoms with Crippen molar-refractivity contribution < 1.29 is 0 Å². The lowest BCUT2D eigenvalue weighted by Crippen LogP contribution is -2.20. The molecule has 0 aliphatic carbocycles. The quantitative estimate of drug-likeness (QED) is 0.923. The summed E-state index contributed by atoms with van der Waals surface area (Å²) in [5.74, 6) is 1.13. The zero-order chi connectivity index (χ0) is 14.0. The Balaban J connectivity index is 2.25. The van der Waals surface area contributed by atoms with Crippen molar-refractivity contribution in [3.63, 3.8) is 0 Å². The van der Waals surface area contributed by atoms with Crippen LogP contribution < -0.4 is 10.6 Å². The van der Waals surface area contributed by atoms with E-state index in [4.69, 9.17) is 17.3 Å². The summed E-state index contributed by atoms with van der Waals surface area (Å²) in [7, 11) is 4.05.